The molecule has 1 heterocycles. The van der Waals surface area contributed by atoms with E-state index in [0.29, 0.717) is 17.0 Å². The summed E-state index contributed by atoms with van der Waals surface area (Å²) in [6.07, 6.45) is 1.50. The van der Waals surface area contributed by atoms with Crippen molar-refractivity contribution < 1.29 is 9.53 Å². The first-order valence-corrected chi connectivity index (χ1v) is 5.49. The number of hydrogen-bond acceptors (Lipinski definition) is 4. The number of ether oxygens (including phenoxy) is 1. The van der Waals surface area contributed by atoms with Gasteiger partial charge in [0.1, 0.15) is 11.3 Å². The van der Waals surface area contributed by atoms with E-state index in [9.17, 15) is 9.59 Å². The summed E-state index contributed by atoms with van der Waals surface area (Å²) < 4.78 is 5.06. The molecule has 0 aliphatic carbocycles. The van der Waals surface area contributed by atoms with Crippen LogP contribution in [-0.2, 0) is 0 Å². The van der Waals surface area contributed by atoms with E-state index in [1.807, 2.05) is 0 Å². The van der Waals surface area contributed by atoms with Gasteiger partial charge in [-0.15, -0.1) is 0 Å². The third-order valence-electron chi connectivity index (χ3n) is 2.73. The van der Waals surface area contributed by atoms with Gasteiger partial charge >= 0.3 is 0 Å². The topological polar surface area (TPSA) is 111 Å². The molecule has 2 aromatic rings. The Labute approximate surface area is 109 Å². The Kier molecular flexibility index (Phi) is 3.24. The summed E-state index contributed by atoms with van der Waals surface area (Å²) in [4.78, 5) is 25.0. The van der Waals surface area contributed by atoms with Gasteiger partial charge in [-0.1, -0.05) is 6.07 Å². The lowest BCUT2D eigenvalue weighted by molar-refractivity contribution is 0.0999. The fourth-order valence-corrected chi connectivity index (χ4v) is 1.75. The number of benzene rings is 1. The van der Waals surface area contributed by atoms with Crippen molar-refractivity contribution in [1.82, 2.24) is 4.98 Å². The number of nitrogens with one attached hydrogen (secondary N) is 1. The van der Waals surface area contributed by atoms with Gasteiger partial charge in [0.05, 0.1) is 12.8 Å². The smallest absolute Gasteiger partial charge is 0.260 e. The maximum absolute atomic E-state index is 11.4. The zero-order valence-corrected chi connectivity index (χ0v) is 10.3. The normalized spacial score (nSPS) is 10.2. The summed E-state index contributed by atoms with van der Waals surface area (Å²) in [6, 6.07) is 6.60. The fraction of sp³-hybridized carbons (Fsp3) is 0.0769. The Morgan fingerprint density at radius 1 is 1.26 bits per heavy atom. The van der Waals surface area contributed by atoms with Crippen LogP contribution in [0.2, 0.25) is 0 Å². The van der Waals surface area contributed by atoms with Crippen LogP contribution in [0.25, 0.3) is 11.1 Å². The Morgan fingerprint density at radius 3 is 2.58 bits per heavy atom. The number of aromatic nitrogens is 1. The van der Waals surface area contributed by atoms with E-state index in [2.05, 4.69) is 4.98 Å². The molecule has 0 saturated carbocycles. The summed E-state index contributed by atoms with van der Waals surface area (Å²) in [7, 11) is 1.52. The molecule has 0 aliphatic rings. The molecule has 0 saturated heterocycles. The van der Waals surface area contributed by atoms with Crippen LogP contribution in [0.4, 0.5) is 5.69 Å². The van der Waals surface area contributed by atoms with Gasteiger partial charge in [0.2, 0.25) is 0 Å². The van der Waals surface area contributed by atoms with Gasteiger partial charge in [0, 0.05) is 6.20 Å². The number of rotatable bonds is 3. The first-order valence-electron chi connectivity index (χ1n) is 5.49. The fourth-order valence-electron chi connectivity index (χ4n) is 1.75. The molecule has 98 valence electrons. The SMILES string of the molecule is COc1ccc(-c2c[nH]c(=O)c(C(N)=O)c2)cc1N. The molecule has 0 unspecified atom stereocenters. The number of primary amides is 1. The second-order valence-electron chi connectivity index (χ2n) is 3.95. The number of carbonyl (C=O) groups excluding carboxylic acids is 1. The number of H-pyrrole nitrogens is 1. The maximum Gasteiger partial charge on any atom is 0.260 e. The monoisotopic (exact) mass is 259 g/mol. The number of pyridine rings is 1. The Hall–Kier alpha value is -2.76. The molecule has 0 atom stereocenters. The third-order valence-corrected chi connectivity index (χ3v) is 2.73. The quantitative estimate of drug-likeness (QED) is 0.705. The van der Waals surface area contributed by atoms with Crippen molar-refractivity contribution in [2.75, 3.05) is 12.8 Å². The van der Waals surface area contributed by atoms with Crippen LogP contribution in [0, 0.1) is 0 Å². The average Bonchev–Trinajstić information content (AvgIpc) is 2.38. The molecule has 1 aromatic heterocycles. The minimum Gasteiger partial charge on any atom is -0.495 e. The highest BCUT2D eigenvalue weighted by Gasteiger charge is 2.09. The van der Waals surface area contributed by atoms with Crippen LogP contribution in [0.15, 0.2) is 35.3 Å². The van der Waals surface area contributed by atoms with Crippen LogP contribution in [0.5, 0.6) is 5.75 Å². The molecule has 19 heavy (non-hydrogen) atoms. The molecule has 0 fully saturated rings. The molecule has 0 bridgehead atoms. The highest BCUT2D eigenvalue weighted by molar-refractivity contribution is 5.93. The number of methoxy groups -OCH3 is 1. The Bertz CT molecular complexity index is 692. The molecule has 5 N–H and O–H groups in total. The van der Waals surface area contributed by atoms with Crippen LogP contribution in [0.1, 0.15) is 10.4 Å². The van der Waals surface area contributed by atoms with Crippen LogP contribution in [0.3, 0.4) is 0 Å². The van der Waals surface area contributed by atoms with Crippen molar-refractivity contribution in [3.8, 4) is 16.9 Å². The van der Waals surface area contributed by atoms with Crippen molar-refractivity contribution in [3.63, 3.8) is 0 Å². The van der Waals surface area contributed by atoms with Gasteiger partial charge in [-0.05, 0) is 29.3 Å². The average molecular weight is 259 g/mol. The number of nitrogens with two attached hydrogens (primary N) is 2. The summed E-state index contributed by atoms with van der Waals surface area (Å²) >= 11 is 0. The molecule has 0 radical (unpaired) electrons. The van der Waals surface area contributed by atoms with E-state index in [1.54, 1.807) is 18.2 Å². The largest absolute Gasteiger partial charge is 0.495 e. The zero-order valence-electron chi connectivity index (χ0n) is 10.3. The number of aromatic amines is 1. The summed E-state index contributed by atoms with van der Waals surface area (Å²) in [6.45, 7) is 0. The van der Waals surface area contributed by atoms with Gasteiger partial charge in [-0.25, -0.2) is 0 Å². The van der Waals surface area contributed by atoms with E-state index >= 15 is 0 Å². The lowest BCUT2D eigenvalue weighted by Crippen LogP contribution is -2.23. The van der Waals surface area contributed by atoms with Crippen molar-refractivity contribution in [1.29, 1.82) is 0 Å². The zero-order chi connectivity index (χ0) is 14.0. The maximum atomic E-state index is 11.4. The van der Waals surface area contributed by atoms with Crippen LogP contribution < -0.4 is 21.8 Å². The van der Waals surface area contributed by atoms with E-state index < -0.39 is 11.5 Å². The summed E-state index contributed by atoms with van der Waals surface area (Å²) in [5, 5.41) is 0. The first-order chi connectivity index (χ1) is 9.02. The second-order valence-corrected chi connectivity index (χ2v) is 3.95. The number of nitrogen functional groups attached to an aromatic ring is 1. The third kappa shape index (κ3) is 2.42. The minimum atomic E-state index is -0.774. The predicted molar refractivity (Wildman–Crippen MR) is 72.0 cm³/mol. The predicted octanol–water partition coefficient (Wildman–Crippen LogP) is 0.732. The molecule has 2 rings (SSSR count). The molecule has 1 aromatic carbocycles. The number of anilines is 1. The van der Waals surface area contributed by atoms with Crippen molar-refractivity contribution >= 4 is 11.6 Å². The molecular formula is C13H13N3O3. The number of carbonyl (C=O) groups is 1. The molecule has 6 nitrogen and oxygen atoms in total. The van der Waals surface area contributed by atoms with E-state index in [0.717, 1.165) is 5.56 Å². The minimum absolute atomic E-state index is 0.0908. The highest BCUT2D eigenvalue weighted by atomic mass is 16.5. The molecule has 0 spiro atoms. The highest BCUT2D eigenvalue weighted by Crippen LogP contribution is 2.27. The molecule has 0 aliphatic heterocycles. The second kappa shape index (κ2) is 4.85. The molecule has 1 amide bonds. The van der Waals surface area contributed by atoms with Crippen LogP contribution >= 0.6 is 0 Å². The van der Waals surface area contributed by atoms with E-state index in [4.69, 9.17) is 16.2 Å². The molecular weight excluding hydrogens is 246 g/mol. The summed E-state index contributed by atoms with van der Waals surface area (Å²) in [5.74, 6) is -0.215. The Morgan fingerprint density at radius 2 is 2.00 bits per heavy atom. The van der Waals surface area contributed by atoms with Crippen LogP contribution in [-0.4, -0.2) is 18.0 Å². The van der Waals surface area contributed by atoms with Gasteiger partial charge in [0.25, 0.3) is 11.5 Å². The molecule has 6 heteroatoms. The number of amides is 1. The summed E-state index contributed by atoms with van der Waals surface area (Å²) in [5.41, 5.74) is 12.2. The van der Waals surface area contributed by atoms with Crippen molar-refractivity contribution in [2.24, 2.45) is 5.73 Å². The standard InChI is InChI=1S/C13H13N3O3/c1-19-11-3-2-7(5-10(11)14)8-4-9(12(15)17)13(18)16-6-8/h2-6H,14H2,1H3,(H2,15,17)(H,16,18). The van der Waals surface area contributed by atoms with Gasteiger partial charge in [-0.3, -0.25) is 9.59 Å². The van der Waals surface area contributed by atoms with Crippen molar-refractivity contribution in [3.05, 3.63) is 46.4 Å². The number of hydrogen-bond donors (Lipinski definition) is 3. The lowest BCUT2D eigenvalue weighted by atomic mass is 10.0. The van der Waals surface area contributed by atoms with Gasteiger partial charge in [-0.2, -0.15) is 0 Å². The van der Waals surface area contributed by atoms with Gasteiger partial charge in [0.15, 0.2) is 0 Å². The Balaban J connectivity index is 2.53. The van der Waals surface area contributed by atoms with Gasteiger partial charge < -0.3 is 21.2 Å². The first kappa shape index (κ1) is 12.7. The lowest BCUT2D eigenvalue weighted by Gasteiger charge is -2.07. The van der Waals surface area contributed by atoms with E-state index in [-0.39, 0.29) is 5.56 Å². The van der Waals surface area contributed by atoms with Crippen molar-refractivity contribution in [2.45, 2.75) is 0 Å². The van der Waals surface area contributed by atoms with E-state index in [1.165, 1.54) is 19.4 Å².